The summed E-state index contributed by atoms with van der Waals surface area (Å²) >= 11 is 0. The summed E-state index contributed by atoms with van der Waals surface area (Å²) in [6.45, 7) is 7.80. The highest BCUT2D eigenvalue weighted by Gasteiger charge is 2.32. The van der Waals surface area contributed by atoms with Crippen molar-refractivity contribution in [3.05, 3.63) is 59.7 Å². The Hall–Kier alpha value is -3.39. The van der Waals surface area contributed by atoms with Crippen molar-refractivity contribution in [3.8, 4) is 11.1 Å². The summed E-state index contributed by atoms with van der Waals surface area (Å²) in [6.07, 6.45) is -0.0483. The lowest BCUT2D eigenvalue weighted by atomic mass is 10.0. The monoisotopic (exact) mass is 494 g/mol. The maximum absolute atomic E-state index is 13.0. The molecule has 2 aromatic rings. The zero-order chi connectivity index (χ0) is 26.4. The zero-order valence-corrected chi connectivity index (χ0v) is 21.8. The highest BCUT2D eigenvalue weighted by molar-refractivity contribution is 5.89. The van der Waals surface area contributed by atoms with Gasteiger partial charge in [0.25, 0.3) is 0 Å². The van der Waals surface area contributed by atoms with Crippen LogP contribution in [0.1, 0.15) is 57.8 Å². The molecule has 1 aliphatic rings. The van der Waals surface area contributed by atoms with Gasteiger partial charge in [-0.25, -0.2) is 4.79 Å². The van der Waals surface area contributed by atoms with E-state index in [9.17, 15) is 14.4 Å². The number of carbonyl (C=O) groups excluding carboxylic acids is 3. The number of nitrogens with one attached hydrogen (secondary N) is 2. The van der Waals surface area contributed by atoms with Crippen molar-refractivity contribution in [2.45, 2.75) is 64.8 Å². The fourth-order valence-electron chi connectivity index (χ4n) is 4.28. The van der Waals surface area contributed by atoms with E-state index in [4.69, 9.17) is 10.5 Å². The first-order chi connectivity index (χ1) is 17.1. The van der Waals surface area contributed by atoms with E-state index in [0.717, 1.165) is 22.3 Å². The molecule has 0 bridgehead atoms. The third-order valence-corrected chi connectivity index (χ3v) is 6.38. The van der Waals surface area contributed by atoms with Crippen LogP contribution in [0.25, 0.3) is 11.1 Å². The van der Waals surface area contributed by atoms with Gasteiger partial charge in [0.2, 0.25) is 11.8 Å². The quantitative estimate of drug-likeness (QED) is 0.467. The molecule has 0 radical (unpaired) electrons. The van der Waals surface area contributed by atoms with Crippen LogP contribution in [-0.2, 0) is 14.3 Å². The lowest BCUT2D eigenvalue weighted by molar-refractivity contribution is -0.130. The van der Waals surface area contributed by atoms with E-state index in [1.807, 2.05) is 76.2 Å². The van der Waals surface area contributed by atoms with E-state index in [1.54, 1.807) is 7.05 Å². The van der Waals surface area contributed by atoms with E-state index in [0.29, 0.717) is 19.4 Å². The Bertz CT molecular complexity index is 1040. The molecule has 0 unspecified atom stereocenters. The minimum Gasteiger partial charge on any atom is -0.436 e. The zero-order valence-electron chi connectivity index (χ0n) is 21.8. The van der Waals surface area contributed by atoms with Gasteiger partial charge < -0.3 is 26.0 Å². The van der Waals surface area contributed by atoms with Crippen molar-refractivity contribution in [2.24, 2.45) is 11.7 Å². The average Bonchev–Trinajstić information content (AvgIpc) is 3.15. The van der Waals surface area contributed by atoms with Crippen LogP contribution in [0.5, 0.6) is 0 Å². The van der Waals surface area contributed by atoms with Crippen molar-refractivity contribution in [1.82, 2.24) is 15.5 Å². The summed E-state index contributed by atoms with van der Waals surface area (Å²) in [7, 11) is 1.67. The highest BCUT2D eigenvalue weighted by Crippen LogP contribution is 2.45. The second kappa shape index (κ2) is 12.0. The van der Waals surface area contributed by atoms with Gasteiger partial charge >= 0.3 is 6.09 Å². The summed E-state index contributed by atoms with van der Waals surface area (Å²) in [4.78, 5) is 39.6. The van der Waals surface area contributed by atoms with E-state index < -0.39 is 24.3 Å². The number of nitrogens with two attached hydrogens (primary N) is 1. The number of carbonyl (C=O) groups is 3. The van der Waals surface area contributed by atoms with Crippen molar-refractivity contribution in [3.63, 3.8) is 0 Å². The summed E-state index contributed by atoms with van der Waals surface area (Å²) in [5.41, 5.74) is 10.0. The molecule has 0 fully saturated rings. The molecular weight excluding hydrogens is 456 g/mol. The molecule has 2 aromatic carbocycles. The van der Waals surface area contributed by atoms with Gasteiger partial charge in [-0.1, -0.05) is 62.4 Å². The van der Waals surface area contributed by atoms with Crippen molar-refractivity contribution < 1.29 is 19.1 Å². The Labute approximate surface area is 213 Å². The number of ether oxygens (including phenoxy) is 1. The van der Waals surface area contributed by atoms with E-state index >= 15 is 0 Å². The van der Waals surface area contributed by atoms with E-state index in [1.165, 1.54) is 4.90 Å². The normalized spacial score (nSPS) is 14.1. The van der Waals surface area contributed by atoms with Gasteiger partial charge in [-0.15, -0.1) is 0 Å². The summed E-state index contributed by atoms with van der Waals surface area (Å²) in [5.74, 6) is -0.676. The number of hydrogen-bond donors (Lipinski definition) is 3. The SMILES string of the molecule is CC(C)NC(=O)[C@H](CCCN(C)C(=O)OC1c2ccccc2-c2ccccc21)NC(=O)[C@@H](N)C(C)C. The average molecular weight is 495 g/mol. The Morgan fingerprint density at radius 1 is 0.917 bits per heavy atom. The molecule has 4 N–H and O–H groups in total. The largest absolute Gasteiger partial charge is 0.436 e. The predicted octanol–water partition coefficient (Wildman–Crippen LogP) is 3.60. The maximum Gasteiger partial charge on any atom is 0.410 e. The number of rotatable bonds is 10. The van der Waals surface area contributed by atoms with Crippen LogP contribution in [0.2, 0.25) is 0 Å². The third-order valence-electron chi connectivity index (χ3n) is 6.38. The first-order valence-corrected chi connectivity index (χ1v) is 12.6. The van der Waals surface area contributed by atoms with E-state index in [2.05, 4.69) is 10.6 Å². The van der Waals surface area contributed by atoms with Gasteiger partial charge in [-0.3, -0.25) is 9.59 Å². The Morgan fingerprint density at radius 2 is 1.47 bits per heavy atom. The minimum absolute atomic E-state index is 0.0504. The van der Waals surface area contributed by atoms with Gasteiger partial charge in [0.05, 0.1) is 6.04 Å². The number of fused-ring (bicyclic) bond motifs is 3. The summed E-state index contributed by atoms with van der Waals surface area (Å²) in [6, 6.07) is 14.4. The van der Waals surface area contributed by atoms with Crippen LogP contribution < -0.4 is 16.4 Å². The molecule has 3 amide bonds. The molecule has 36 heavy (non-hydrogen) atoms. The summed E-state index contributed by atoms with van der Waals surface area (Å²) < 4.78 is 5.93. The molecule has 3 rings (SSSR count). The molecule has 0 spiro atoms. The van der Waals surface area contributed by atoms with Gasteiger partial charge in [-0.05, 0) is 43.7 Å². The number of nitrogens with zero attached hydrogens (tertiary/aromatic N) is 1. The number of benzene rings is 2. The predicted molar refractivity (Wildman–Crippen MR) is 140 cm³/mol. The molecule has 0 aliphatic heterocycles. The lowest BCUT2D eigenvalue weighted by Crippen LogP contribution is -2.53. The third kappa shape index (κ3) is 6.43. The summed E-state index contributed by atoms with van der Waals surface area (Å²) in [5, 5.41) is 5.62. The first kappa shape index (κ1) is 27.2. The second-order valence-corrected chi connectivity index (χ2v) is 10.00. The lowest BCUT2D eigenvalue weighted by Gasteiger charge is -2.24. The van der Waals surface area contributed by atoms with Crippen LogP contribution in [-0.4, -0.2) is 54.5 Å². The standard InChI is InChI=1S/C28H38N4O4/c1-17(2)24(29)27(34)31-23(26(33)30-18(3)4)15-10-16-32(5)28(35)36-25-21-13-8-6-11-19(21)20-12-7-9-14-22(20)25/h6-9,11-14,17-18,23-25H,10,15-16,29H2,1-5H3,(H,30,33)(H,31,34)/t23-,24-/m0/s1. The molecule has 194 valence electrons. The van der Waals surface area contributed by atoms with Crippen molar-refractivity contribution in [1.29, 1.82) is 0 Å². The maximum atomic E-state index is 13.0. The smallest absolute Gasteiger partial charge is 0.410 e. The van der Waals surface area contributed by atoms with Crippen LogP contribution in [0.15, 0.2) is 48.5 Å². The molecule has 8 nitrogen and oxygen atoms in total. The molecule has 2 atom stereocenters. The van der Waals surface area contributed by atoms with Crippen molar-refractivity contribution >= 4 is 17.9 Å². The van der Waals surface area contributed by atoms with Crippen LogP contribution in [0.4, 0.5) is 4.79 Å². The van der Waals surface area contributed by atoms with Gasteiger partial charge in [-0.2, -0.15) is 0 Å². The molecule has 0 heterocycles. The molecule has 0 aromatic heterocycles. The minimum atomic E-state index is -0.734. The van der Waals surface area contributed by atoms with Crippen LogP contribution in [0.3, 0.4) is 0 Å². The van der Waals surface area contributed by atoms with Gasteiger partial charge in [0.1, 0.15) is 6.04 Å². The van der Waals surface area contributed by atoms with E-state index in [-0.39, 0.29) is 23.8 Å². The molecule has 0 saturated heterocycles. The first-order valence-electron chi connectivity index (χ1n) is 12.6. The molecule has 0 saturated carbocycles. The molecular formula is C28H38N4O4. The number of amides is 3. The fraction of sp³-hybridized carbons (Fsp3) is 0.464. The van der Waals surface area contributed by atoms with Crippen LogP contribution >= 0.6 is 0 Å². The van der Waals surface area contributed by atoms with Crippen LogP contribution in [0, 0.1) is 5.92 Å². The number of hydrogen-bond acceptors (Lipinski definition) is 5. The van der Waals surface area contributed by atoms with Crippen molar-refractivity contribution in [2.75, 3.05) is 13.6 Å². The van der Waals surface area contributed by atoms with Gasteiger partial charge in [0, 0.05) is 30.8 Å². The topological polar surface area (TPSA) is 114 Å². The Balaban J connectivity index is 1.60. The molecule has 1 aliphatic carbocycles. The second-order valence-electron chi connectivity index (χ2n) is 10.00. The Kier molecular flexibility index (Phi) is 9.09. The fourth-order valence-corrected chi connectivity index (χ4v) is 4.28. The Morgan fingerprint density at radius 3 is 2.00 bits per heavy atom. The highest BCUT2D eigenvalue weighted by atomic mass is 16.6. The van der Waals surface area contributed by atoms with Gasteiger partial charge in [0.15, 0.2) is 6.10 Å². The molecule has 8 heteroatoms.